The predicted molar refractivity (Wildman–Crippen MR) is 134 cm³/mol. The van der Waals surface area contributed by atoms with Crippen molar-refractivity contribution in [2.45, 2.75) is 45.3 Å². The SMILES string of the molecule is CCNC(=NCc1cccc(CN2CCCC(C(N)=O)C2)c1)NC1CCS(=O)(=O)C1.I. The van der Waals surface area contributed by atoms with Crippen molar-refractivity contribution in [3.05, 3.63) is 35.4 Å². The van der Waals surface area contributed by atoms with Gasteiger partial charge in [-0.3, -0.25) is 9.69 Å². The fourth-order valence-electron chi connectivity index (χ4n) is 4.11. The molecule has 4 N–H and O–H groups in total. The molecule has 1 aromatic rings. The second-order valence-electron chi connectivity index (χ2n) is 8.24. The van der Waals surface area contributed by atoms with E-state index >= 15 is 0 Å². The van der Waals surface area contributed by atoms with Gasteiger partial charge in [0.05, 0.1) is 24.0 Å². The van der Waals surface area contributed by atoms with Gasteiger partial charge in [0, 0.05) is 25.7 Å². The lowest BCUT2D eigenvalue weighted by molar-refractivity contribution is -0.123. The quantitative estimate of drug-likeness (QED) is 0.261. The molecule has 8 nitrogen and oxygen atoms in total. The molecule has 1 aromatic carbocycles. The van der Waals surface area contributed by atoms with Gasteiger partial charge in [0.25, 0.3) is 0 Å². The summed E-state index contributed by atoms with van der Waals surface area (Å²) >= 11 is 0. The maximum atomic E-state index is 11.7. The number of primary amides is 1. The molecule has 0 radical (unpaired) electrons. The van der Waals surface area contributed by atoms with E-state index in [4.69, 9.17) is 5.73 Å². The van der Waals surface area contributed by atoms with Crippen molar-refractivity contribution in [2.75, 3.05) is 31.1 Å². The highest BCUT2D eigenvalue weighted by Crippen LogP contribution is 2.19. The molecule has 31 heavy (non-hydrogen) atoms. The van der Waals surface area contributed by atoms with E-state index in [0.29, 0.717) is 25.5 Å². The number of carbonyl (C=O) groups is 1. The van der Waals surface area contributed by atoms with Gasteiger partial charge in [0.2, 0.25) is 5.91 Å². The van der Waals surface area contributed by atoms with Crippen LogP contribution in [-0.4, -0.2) is 62.4 Å². The van der Waals surface area contributed by atoms with Gasteiger partial charge in [-0.1, -0.05) is 24.3 Å². The van der Waals surface area contributed by atoms with E-state index in [0.717, 1.165) is 38.0 Å². The number of carbonyl (C=O) groups excluding carboxylic acids is 1. The molecule has 2 aliphatic heterocycles. The number of guanidine groups is 1. The summed E-state index contributed by atoms with van der Waals surface area (Å²) in [7, 11) is -2.93. The Morgan fingerprint density at radius 3 is 2.74 bits per heavy atom. The number of piperidine rings is 1. The number of likely N-dealkylation sites (tertiary alicyclic amines) is 1. The monoisotopic (exact) mass is 563 g/mol. The van der Waals surface area contributed by atoms with Gasteiger partial charge in [-0.15, -0.1) is 24.0 Å². The molecule has 174 valence electrons. The zero-order valence-electron chi connectivity index (χ0n) is 18.0. The van der Waals surface area contributed by atoms with Crippen molar-refractivity contribution < 1.29 is 13.2 Å². The van der Waals surface area contributed by atoms with Gasteiger partial charge >= 0.3 is 0 Å². The van der Waals surface area contributed by atoms with E-state index in [9.17, 15) is 13.2 Å². The first-order valence-corrected chi connectivity index (χ1v) is 12.5. The van der Waals surface area contributed by atoms with E-state index in [1.54, 1.807) is 0 Å². The number of hydrogen-bond acceptors (Lipinski definition) is 5. The largest absolute Gasteiger partial charge is 0.369 e. The molecule has 0 aliphatic carbocycles. The van der Waals surface area contributed by atoms with Crippen LogP contribution in [0.2, 0.25) is 0 Å². The molecule has 2 heterocycles. The summed E-state index contributed by atoms with van der Waals surface area (Å²) in [6, 6.07) is 8.21. The standard InChI is InChI=1S/C21H33N5O3S.HI/c1-2-23-21(25-19-8-10-30(28,29)15-19)24-12-16-5-3-6-17(11-16)13-26-9-4-7-18(14-26)20(22)27;/h3,5-6,11,18-19H,2,4,7-10,12-15H2,1H3,(H2,22,27)(H2,23,24,25);1H. The third-order valence-corrected chi connectivity index (χ3v) is 7.41. The molecule has 2 saturated heterocycles. The first-order chi connectivity index (χ1) is 14.3. The lowest BCUT2D eigenvalue weighted by Gasteiger charge is -2.31. The molecule has 2 aliphatic rings. The van der Waals surface area contributed by atoms with Gasteiger partial charge in [-0.05, 0) is 43.9 Å². The highest BCUT2D eigenvalue weighted by atomic mass is 127. The molecule has 0 aromatic heterocycles. The van der Waals surface area contributed by atoms with Gasteiger partial charge in [0.15, 0.2) is 15.8 Å². The Morgan fingerprint density at radius 2 is 2.06 bits per heavy atom. The van der Waals surface area contributed by atoms with Crippen LogP contribution in [0.15, 0.2) is 29.3 Å². The number of nitrogens with two attached hydrogens (primary N) is 1. The Balaban J connectivity index is 0.00000341. The molecular weight excluding hydrogens is 529 g/mol. The molecule has 0 spiro atoms. The molecule has 0 bridgehead atoms. The number of benzene rings is 1. The highest BCUT2D eigenvalue weighted by molar-refractivity contribution is 14.0. The summed E-state index contributed by atoms with van der Waals surface area (Å²) < 4.78 is 23.4. The molecule has 3 rings (SSSR count). The van der Waals surface area contributed by atoms with Crippen molar-refractivity contribution in [3.8, 4) is 0 Å². The average Bonchev–Trinajstić information content (AvgIpc) is 3.05. The molecule has 2 fully saturated rings. The maximum absolute atomic E-state index is 11.7. The third-order valence-electron chi connectivity index (χ3n) is 5.64. The number of amides is 1. The van der Waals surface area contributed by atoms with E-state index in [1.807, 2.05) is 19.1 Å². The number of nitrogens with one attached hydrogen (secondary N) is 2. The van der Waals surface area contributed by atoms with Crippen LogP contribution < -0.4 is 16.4 Å². The number of aliphatic imine (C=N–C) groups is 1. The van der Waals surface area contributed by atoms with Crippen LogP contribution in [0.1, 0.15) is 37.3 Å². The summed E-state index contributed by atoms with van der Waals surface area (Å²) in [6.07, 6.45) is 2.49. The molecule has 2 atom stereocenters. The Morgan fingerprint density at radius 1 is 1.29 bits per heavy atom. The van der Waals surface area contributed by atoms with E-state index in [-0.39, 0.29) is 53.3 Å². The molecule has 1 amide bonds. The minimum Gasteiger partial charge on any atom is -0.369 e. The molecule has 10 heteroatoms. The van der Waals surface area contributed by atoms with Crippen molar-refractivity contribution >= 4 is 45.7 Å². The zero-order valence-corrected chi connectivity index (χ0v) is 21.2. The fraction of sp³-hybridized carbons (Fsp3) is 0.619. The molecule has 0 saturated carbocycles. The van der Waals surface area contributed by atoms with Crippen LogP contribution in [-0.2, 0) is 27.7 Å². The average molecular weight is 564 g/mol. The zero-order chi connectivity index (χ0) is 21.6. The normalized spacial score (nSPS) is 23.7. The van der Waals surface area contributed by atoms with Gasteiger partial charge in [-0.2, -0.15) is 0 Å². The van der Waals surface area contributed by atoms with Crippen molar-refractivity contribution in [3.63, 3.8) is 0 Å². The summed E-state index contributed by atoms with van der Waals surface area (Å²) in [5.41, 5.74) is 7.76. The number of sulfone groups is 1. The van der Waals surface area contributed by atoms with Crippen LogP contribution >= 0.6 is 24.0 Å². The summed E-state index contributed by atoms with van der Waals surface area (Å²) in [5, 5.41) is 6.44. The lowest BCUT2D eigenvalue weighted by Crippen LogP contribution is -2.44. The van der Waals surface area contributed by atoms with Crippen LogP contribution in [0, 0.1) is 5.92 Å². The Bertz CT molecular complexity index is 878. The molecule has 2 unspecified atom stereocenters. The van der Waals surface area contributed by atoms with Crippen LogP contribution in [0.4, 0.5) is 0 Å². The van der Waals surface area contributed by atoms with E-state index < -0.39 is 9.84 Å². The second-order valence-corrected chi connectivity index (χ2v) is 10.5. The number of nitrogens with zero attached hydrogens (tertiary/aromatic N) is 2. The van der Waals surface area contributed by atoms with E-state index in [1.165, 1.54) is 5.56 Å². The van der Waals surface area contributed by atoms with Crippen molar-refractivity contribution in [1.82, 2.24) is 15.5 Å². The Hall–Kier alpha value is -1.40. The minimum atomic E-state index is -2.93. The van der Waals surface area contributed by atoms with Crippen LogP contribution in [0.3, 0.4) is 0 Å². The van der Waals surface area contributed by atoms with Crippen LogP contribution in [0.5, 0.6) is 0 Å². The lowest BCUT2D eigenvalue weighted by atomic mass is 9.97. The third kappa shape index (κ3) is 8.23. The van der Waals surface area contributed by atoms with Crippen molar-refractivity contribution in [1.29, 1.82) is 0 Å². The van der Waals surface area contributed by atoms with Gasteiger partial charge < -0.3 is 16.4 Å². The Kier molecular flexibility index (Phi) is 10.0. The van der Waals surface area contributed by atoms with E-state index in [2.05, 4.69) is 32.7 Å². The van der Waals surface area contributed by atoms with Crippen LogP contribution in [0.25, 0.3) is 0 Å². The maximum Gasteiger partial charge on any atom is 0.221 e. The summed E-state index contributed by atoms with van der Waals surface area (Å²) in [6.45, 7) is 5.69. The molecular formula is C21H34IN5O3S. The Labute approximate surface area is 202 Å². The number of hydrogen-bond donors (Lipinski definition) is 3. The highest BCUT2D eigenvalue weighted by Gasteiger charge is 2.28. The number of halogens is 1. The van der Waals surface area contributed by atoms with Gasteiger partial charge in [0.1, 0.15) is 0 Å². The second kappa shape index (κ2) is 12.0. The number of rotatable bonds is 7. The smallest absolute Gasteiger partial charge is 0.221 e. The summed E-state index contributed by atoms with van der Waals surface area (Å²) in [4.78, 5) is 18.4. The minimum absolute atomic E-state index is 0. The fourth-order valence-corrected chi connectivity index (χ4v) is 5.78. The topological polar surface area (TPSA) is 117 Å². The first-order valence-electron chi connectivity index (χ1n) is 10.7. The first kappa shape index (κ1) is 25.9. The predicted octanol–water partition coefficient (Wildman–Crippen LogP) is 1.24. The summed E-state index contributed by atoms with van der Waals surface area (Å²) in [5.74, 6) is 0.778. The van der Waals surface area contributed by atoms with Crippen molar-refractivity contribution in [2.24, 2.45) is 16.6 Å². The van der Waals surface area contributed by atoms with Gasteiger partial charge in [-0.25, -0.2) is 13.4 Å².